The molecule has 2 aliphatic rings. The lowest BCUT2D eigenvalue weighted by Gasteiger charge is -2.34. The first-order chi connectivity index (χ1) is 11.2. The Labute approximate surface area is 135 Å². The lowest BCUT2D eigenvalue weighted by molar-refractivity contribution is -0.139. The fourth-order valence-electron chi connectivity index (χ4n) is 3.54. The molecule has 0 bridgehead atoms. The second-order valence-corrected chi connectivity index (χ2v) is 6.48. The second kappa shape index (κ2) is 5.47. The molecule has 0 atom stereocenters. The van der Waals surface area contributed by atoms with Gasteiger partial charge in [-0.25, -0.2) is 0 Å². The zero-order valence-corrected chi connectivity index (χ0v) is 13.7. The summed E-state index contributed by atoms with van der Waals surface area (Å²) < 4.78 is 3.93. The molecule has 0 saturated heterocycles. The molecular formula is C16H22N6O. The van der Waals surface area contributed by atoms with Gasteiger partial charge in [0.15, 0.2) is 5.82 Å². The van der Waals surface area contributed by atoms with Gasteiger partial charge in [0.2, 0.25) is 5.91 Å². The van der Waals surface area contributed by atoms with E-state index in [4.69, 9.17) is 0 Å². The van der Waals surface area contributed by atoms with Gasteiger partial charge in [0.25, 0.3) is 0 Å². The molecule has 122 valence electrons. The highest BCUT2D eigenvalue weighted by atomic mass is 16.2. The largest absolute Gasteiger partial charge is 0.338 e. The highest BCUT2D eigenvalue weighted by Crippen LogP contribution is 2.33. The van der Waals surface area contributed by atoms with Crippen molar-refractivity contribution in [3.63, 3.8) is 0 Å². The molecule has 7 nitrogen and oxygen atoms in total. The van der Waals surface area contributed by atoms with Crippen LogP contribution >= 0.6 is 0 Å². The van der Waals surface area contributed by atoms with Gasteiger partial charge in [0.1, 0.15) is 12.0 Å². The molecule has 0 aromatic carbocycles. The predicted octanol–water partition coefficient (Wildman–Crippen LogP) is 1.38. The van der Waals surface area contributed by atoms with E-state index in [0.717, 1.165) is 49.4 Å². The first-order valence-electron chi connectivity index (χ1n) is 8.40. The molecule has 7 heteroatoms. The topological polar surface area (TPSA) is 68.8 Å². The number of aromatic nitrogens is 5. The van der Waals surface area contributed by atoms with Crippen LogP contribution in [-0.4, -0.2) is 41.9 Å². The van der Waals surface area contributed by atoms with Crippen LogP contribution in [-0.2, 0) is 31.4 Å². The number of carbonyl (C=O) groups is 1. The van der Waals surface area contributed by atoms with Gasteiger partial charge in [-0.1, -0.05) is 6.42 Å². The smallest absolute Gasteiger partial charge is 0.225 e. The molecule has 0 radical (unpaired) electrons. The van der Waals surface area contributed by atoms with E-state index in [1.807, 2.05) is 21.2 Å². The maximum absolute atomic E-state index is 12.6. The molecule has 1 fully saturated rings. The number of fused-ring (bicyclic) bond motifs is 1. The maximum Gasteiger partial charge on any atom is 0.225 e. The Kier molecular flexibility index (Phi) is 3.43. The Morgan fingerprint density at radius 2 is 2.22 bits per heavy atom. The summed E-state index contributed by atoms with van der Waals surface area (Å²) in [4.78, 5) is 14.6. The lowest BCUT2D eigenvalue weighted by Crippen LogP contribution is -2.42. The molecule has 0 N–H and O–H groups in total. The fourth-order valence-corrected chi connectivity index (χ4v) is 3.54. The van der Waals surface area contributed by atoms with E-state index in [9.17, 15) is 4.79 Å². The molecule has 0 unspecified atom stereocenters. The minimum absolute atomic E-state index is 0.246. The molecule has 23 heavy (non-hydrogen) atoms. The molecule has 1 amide bonds. The van der Waals surface area contributed by atoms with Crippen molar-refractivity contribution in [3.8, 4) is 11.5 Å². The highest BCUT2D eigenvalue weighted by Gasteiger charge is 2.34. The second-order valence-electron chi connectivity index (χ2n) is 6.48. The molecular weight excluding hydrogens is 292 g/mol. The summed E-state index contributed by atoms with van der Waals surface area (Å²) in [6, 6.07) is 0. The Morgan fingerprint density at radius 3 is 2.91 bits per heavy atom. The third-order valence-electron chi connectivity index (χ3n) is 5.18. The van der Waals surface area contributed by atoms with Gasteiger partial charge in [-0.05, 0) is 19.8 Å². The van der Waals surface area contributed by atoms with Crippen molar-refractivity contribution in [2.75, 3.05) is 6.54 Å². The van der Waals surface area contributed by atoms with Crippen molar-refractivity contribution in [3.05, 3.63) is 17.6 Å². The van der Waals surface area contributed by atoms with Crippen molar-refractivity contribution in [2.24, 2.45) is 13.0 Å². The van der Waals surface area contributed by atoms with Crippen LogP contribution in [0.15, 0.2) is 6.33 Å². The van der Waals surface area contributed by atoms with Gasteiger partial charge in [0, 0.05) is 50.3 Å². The number of carbonyl (C=O) groups excluding carboxylic acids is 1. The van der Waals surface area contributed by atoms with E-state index in [1.54, 1.807) is 6.33 Å². The molecule has 0 spiro atoms. The van der Waals surface area contributed by atoms with Crippen LogP contribution in [0, 0.1) is 5.92 Å². The van der Waals surface area contributed by atoms with Gasteiger partial charge in [-0.3, -0.25) is 9.48 Å². The molecule has 2 aromatic heterocycles. The monoisotopic (exact) mass is 314 g/mol. The van der Waals surface area contributed by atoms with Crippen LogP contribution in [0.2, 0.25) is 0 Å². The summed E-state index contributed by atoms with van der Waals surface area (Å²) in [5, 5.41) is 12.9. The van der Waals surface area contributed by atoms with E-state index >= 15 is 0 Å². The average Bonchev–Trinajstić information content (AvgIpc) is 3.09. The van der Waals surface area contributed by atoms with Crippen molar-refractivity contribution < 1.29 is 4.79 Å². The molecule has 3 heterocycles. The molecule has 1 aliphatic heterocycles. The van der Waals surface area contributed by atoms with E-state index in [2.05, 4.69) is 22.2 Å². The SMILES string of the molecule is CCn1cnnc1-c1nn(C)c2c1CN(C(=O)C1CCC1)CC2. The summed E-state index contributed by atoms with van der Waals surface area (Å²) in [5.41, 5.74) is 3.21. The Hall–Kier alpha value is -2.18. The van der Waals surface area contributed by atoms with Crippen molar-refractivity contribution >= 4 is 5.91 Å². The summed E-state index contributed by atoms with van der Waals surface area (Å²) in [7, 11) is 1.97. The van der Waals surface area contributed by atoms with Gasteiger partial charge in [0.05, 0.1) is 0 Å². The van der Waals surface area contributed by atoms with E-state index in [0.29, 0.717) is 12.5 Å². The normalized spacial score (nSPS) is 17.9. The molecule has 1 aliphatic carbocycles. The van der Waals surface area contributed by atoms with Crippen LogP contribution in [0.3, 0.4) is 0 Å². The number of rotatable bonds is 3. The summed E-state index contributed by atoms with van der Waals surface area (Å²) in [6.07, 6.45) is 5.87. The fraction of sp³-hybridized carbons (Fsp3) is 0.625. The minimum Gasteiger partial charge on any atom is -0.338 e. The molecule has 2 aromatic rings. The van der Waals surface area contributed by atoms with Gasteiger partial charge in [-0.2, -0.15) is 5.10 Å². The molecule has 4 rings (SSSR count). The number of amides is 1. The van der Waals surface area contributed by atoms with Crippen LogP contribution in [0.4, 0.5) is 0 Å². The lowest BCUT2D eigenvalue weighted by atomic mass is 9.84. The van der Waals surface area contributed by atoms with E-state index < -0.39 is 0 Å². The van der Waals surface area contributed by atoms with E-state index in [-0.39, 0.29) is 5.92 Å². The zero-order chi connectivity index (χ0) is 16.0. The summed E-state index contributed by atoms with van der Waals surface area (Å²) in [5.74, 6) is 1.35. The van der Waals surface area contributed by atoms with Crippen LogP contribution in [0.5, 0.6) is 0 Å². The third-order valence-corrected chi connectivity index (χ3v) is 5.18. The number of hydrogen-bond acceptors (Lipinski definition) is 4. The van der Waals surface area contributed by atoms with Crippen LogP contribution in [0.25, 0.3) is 11.5 Å². The predicted molar refractivity (Wildman–Crippen MR) is 84.4 cm³/mol. The van der Waals surface area contributed by atoms with E-state index in [1.165, 1.54) is 12.1 Å². The first-order valence-corrected chi connectivity index (χ1v) is 8.40. The van der Waals surface area contributed by atoms with Crippen molar-refractivity contribution in [2.45, 2.75) is 45.7 Å². The number of nitrogens with zero attached hydrogens (tertiary/aromatic N) is 6. The average molecular weight is 314 g/mol. The first kappa shape index (κ1) is 14.4. The van der Waals surface area contributed by atoms with Crippen LogP contribution in [0.1, 0.15) is 37.4 Å². The minimum atomic E-state index is 0.246. The summed E-state index contributed by atoms with van der Waals surface area (Å²) >= 11 is 0. The van der Waals surface area contributed by atoms with Crippen molar-refractivity contribution in [1.29, 1.82) is 0 Å². The summed E-state index contributed by atoms with van der Waals surface area (Å²) in [6.45, 7) is 4.30. The van der Waals surface area contributed by atoms with Crippen molar-refractivity contribution in [1.82, 2.24) is 29.4 Å². The third kappa shape index (κ3) is 2.26. The van der Waals surface area contributed by atoms with Gasteiger partial charge in [-0.15, -0.1) is 10.2 Å². The standard InChI is InChI=1S/C16H22N6O/c1-3-21-10-17-18-15(21)14-12-9-22(16(23)11-5-4-6-11)8-7-13(12)20(2)19-14/h10-11H,3-9H2,1-2H3. The maximum atomic E-state index is 12.6. The Bertz CT molecular complexity index is 742. The number of aryl methyl sites for hydroxylation is 2. The Morgan fingerprint density at radius 1 is 1.39 bits per heavy atom. The number of hydrogen-bond donors (Lipinski definition) is 0. The van der Waals surface area contributed by atoms with Gasteiger partial charge >= 0.3 is 0 Å². The highest BCUT2D eigenvalue weighted by molar-refractivity contribution is 5.80. The Balaban J connectivity index is 1.68. The quantitative estimate of drug-likeness (QED) is 0.858. The molecule has 1 saturated carbocycles. The zero-order valence-electron chi connectivity index (χ0n) is 13.7. The van der Waals surface area contributed by atoms with Gasteiger partial charge < -0.3 is 9.47 Å². The van der Waals surface area contributed by atoms with Crippen LogP contribution < -0.4 is 0 Å².